The van der Waals surface area contributed by atoms with Gasteiger partial charge >= 0.3 is 0 Å². The summed E-state index contributed by atoms with van der Waals surface area (Å²) in [7, 11) is 0. The molecule has 0 bridgehead atoms. The number of aromatic nitrogens is 4. The van der Waals surface area contributed by atoms with Gasteiger partial charge in [-0.15, -0.1) is 0 Å². The molecule has 0 saturated carbocycles. The summed E-state index contributed by atoms with van der Waals surface area (Å²) in [6, 6.07) is 180. The molecule has 0 aliphatic carbocycles. The molecular weight excluding hydrogens is 1790 g/mol. The lowest BCUT2D eigenvalue weighted by atomic mass is 9.91. The number of pyridine rings is 4. The Bertz CT molecular complexity index is 7830. The molecule has 18 aromatic carbocycles. The van der Waals surface area contributed by atoms with E-state index in [0.717, 1.165) is 56.7 Å². The molecular formula is C144H132N4. The van der Waals surface area contributed by atoms with Crippen LogP contribution in [0.4, 0.5) is 0 Å². The SMILES string of the molecule is Cc1cccc(-c2cc(-c3ccccc3)cc(-c3cccc(C)c3)c2)c1.Cc1cccc(-c2cccc(-c3cc(-c4ccccc4)cc(-c4cccc(C)c4)c3)c2)c1.Cc1cccc(-c2cccc(-c3cccc(-c4cccc(C)n4)c3)c2)c1.Cc1cccc(-c2cccc(-c3cccc(C)n3)c2)c1.Cc1cccc(-c2cccc(C)n2)c1.Cc1cccc(C)n1.Cc1ccccc1-c1ccccc1C.Cc1ccccc1C. The van der Waals surface area contributed by atoms with Crippen molar-refractivity contribution in [3.63, 3.8) is 0 Å². The highest BCUT2D eigenvalue weighted by Gasteiger charge is 2.15. The second-order valence-electron chi connectivity index (χ2n) is 38.4. The van der Waals surface area contributed by atoms with Gasteiger partial charge in [0.05, 0.1) is 17.1 Å². The second-order valence-corrected chi connectivity index (χ2v) is 38.4. The van der Waals surface area contributed by atoms with Gasteiger partial charge in [-0.3, -0.25) is 19.9 Å². The average Bonchev–Trinajstić information content (AvgIpc) is 0.795. The first-order chi connectivity index (χ1) is 71.9. The summed E-state index contributed by atoms with van der Waals surface area (Å²) in [5.74, 6) is 0. The lowest BCUT2D eigenvalue weighted by Gasteiger charge is -2.13. The molecule has 4 aromatic heterocycles. The summed E-state index contributed by atoms with van der Waals surface area (Å²) in [5, 5.41) is 0. The van der Waals surface area contributed by atoms with Gasteiger partial charge in [-0.2, -0.15) is 0 Å². The molecule has 4 heterocycles. The normalized spacial score (nSPS) is 10.4. The molecule has 0 aliphatic heterocycles. The molecule has 0 spiro atoms. The van der Waals surface area contributed by atoms with Gasteiger partial charge in [-0.05, 0) is 371 Å². The fourth-order valence-corrected chi connectivity index (χ4v) is 17.9. The van der Waals surface area contributed by atoms with Gasteiger partial charge in [0.2, 0.25) is 0 Å². The van der Waals surface area contributed by atoms with Gasteiger partial charge < -0.3 is 0 Å². The first kappa shape index (κ1) is 105. The molecule has 0 atom stereocenters. The average molecular weight is 1920 g/mol. The van der Waals surface area contributed by atoms with Gasteiger partial charge in [0.25, 0.3) is 0 Å². The monoisotopic (exact) mass is 1920 g/mol. The van der Waals surface area contributed by atoms with E-state index in [1.54, 1.807) is 0 Å². The fourth-order valence-electron chi connectivity index (χ4n) is 17.9. The highest BCUT2D eigenvalue weighted by atomic mass is 14.7. The van der Waals surface area contributed by atoms with Crippen LogP contribution in [0.15, 0.2) is 510 Å². The molecule has 0 N–H and O–H groups in total. The van der Waals surface area contributed by atoms with E-state index in [1.807, 2.05) is 83.1 Å². The highest BCUT2D eigenvalue weighted by Crippen LogP contribution is 2.39. The molecule has 0 aliphatic rings. The zero-order valence-corrected chi connectivity index (χ0v) is 88.3. The third-order valence-corrected chi connectivity index (χ3v) is 25.9. The molecule has 22 rings (SSSR count). The van der Waals surface area contributed by atoms with E-state index in [1.165, 1.54) is 189 Å². The number of hydrogen-bond acceptors (Lipinski definition) is 4. The zero-order chi connectivity index (χ0) is 104. The van der Waals surface area contributed by atoms with Gasteiger partial charge in [0.1, 0.15) is 0 Å². The summed E-state index contributed by atoms with van der Waals surface area (Å²) in [6.07, 6.45) is 0. The third-order valence-electron chi connectivity index (χ3n) is 25.9. The molecule has 728 valence electrons. The van der Waals surface area contributed by atoms with Crippen LogP contribution in [0.5, 0.6) is 0 Å². The third kappa shape index (κ3) is 30.6. The maximum atomic E-state index is 4.65. The Morgan fingerprint density at radius 1 is 0.101 bits per heavy atom. The van der Waals surface area contributed by atoms with Crippen LogP contribution in [-0.4, -0.2) is 19.9 Å². The van der Waals surface area contributed by atoms with Crippen LogP contribution in [0.3, 0.4) is 0 Å². The molecule has 0 amide bonds. The van der Waals surface area contributed by atoms with E-state index in [4.69, 9.17) is 0 Å². The minimum atomic E-state index is 1.02. The summed E-state index contributed by atoms with van der Waals surface area (Å²) in [4.78, 5) is 17.9. The largest absolute Gasteiger partial charge is 0.258 e. The summed E-state index contributed by atoms with van der Waals surface area (Å²) in [6.45, 7) is 33.5. The number of hydrogen-bond donors (Lipinski definition) is 0. The standard InChI is InChI=1S/C32H26.C26H22.C25H21N.C19H17N.C14H14.C13H13N.C8H10.C7H9N/c1-23-9-6-13-26(17-23)28-15-8-16-29(19-28)32-21-30(25-11-4-3-5-12-25)20-31(22-32)27-14-7-10-24(2)18-27;1-19-8-6-12-22(14-19)25-16-24(21-10-4-3-5-11-21)17-26(18-25)23-13-7-9-20(2)15-23;1-18-7-3-9-20(15-18)21-10-5-11-22(16-21)23-12-6-13-24(17-23)25-14-4-8-19(2)26-25;1-14-6-3-8-16(12-14)17-9-5-10-18(13-17)19-11-4-7-15(2)20-19;1-11-7-3-5-9-13(11)14-10-6-4-8-12(14)2;1-10-5-3-7-12(9-10)13-8-4-6-11(2)14-13;1-7-5-3-4-6-8(7)2;1-6-4-3-5-7(2)8-6/h3-22H,1-2H3;3-18H,1-2H3;3-17H,1-2H3;3-13H,1-2H3;3-10H,1-2H3;3-9H,1-2H3;3-6H,1-2H3;3-5H,1-2H3. The molecule has 4 heteroatoms. The van der Waals surface area contributed by atoms with E-state index in [0.29, 0.717) is 0 Å². The van der Waals surface area contributed by atoms with Crippen molar-refractivity contribution in [2.75, 3.05) is 0 Å². The summed E-state index contributed by atoms with van der Waals surface area (Å²) >= 11 is 0. The maximum absolute atomic E-state index is 4.65. The number of rotatable bonds is 14. The van der Waals surface area contributed by atoms with Crippen molar-refractivity contribution in [1.82, 2.24) is 19.9 Å². The molecule has 0 unspecified atom stereocenters. The Kier molecular flexibility index (Phi) is 37.0. The van der Waals surface area contributed by atoms with Gasteiger partial charge in [0.15, 0.2) is 0 Å². The van der Waals surface area contributed by atoms with Crippen molar-refractivity contribution in [2.45, 2.75) is 111 Å². The first-order valence-corrected chi connectivity index (χ1v) is 51.1. The summed E-state index contributed by atoms with van der Waals surface area (Å²) < 4.78 is 0. The van der Waals surface area contributed by atoms with Crippen molar-refractivity contribution < 1.29 is 0 Å². The van der Waals surface area contributed by atoms with Crippen LogP contribution in [0, 0.1) is 111 Å². The van der Waals surface area contributed by atoms with Crippen molar-refractivity contribution in [3.8, 4) is 156 Å². The number of aryl methyl sites for hydroxylation is 16. The van der Waals surface area contributed by atoms with E-state index in [9.17, 15) is 0 Å². The van der Waals surface area contributed by atoms with E-state index in [2.05, 4.69) is 557 Å². The van der Waals surface area contributed by atoms with Crippen LogP contribution in [0.25, 0.3) is 156 Å². The van der Waals surface area contributed by atoms with Crippen molar-refractivity contribution in [3.05, 3.63) is 599 Å². The van der Waals surface area contributed by atoms with Gasteiger partial charge in [-0.25, -0.2) is 0 Å². The van der Waals surface area contributed by atoms with Crippen LogP contribution >= 0.6 is 0 Å². The Hall–Kier alpha value is -17.4. The molecule has 22 aromatic rings. The predicted octanol–water partition coefficient (Wildman–Crippen LogP) is 39.3. The topological polar surface area (TPSA) is 51.6 Å². The zero-order valence-electron chi connectivity index (χ0n) is 88.3. The Morgan fingerprint density at radius 2 is 0.257 bits per heavy atom. The summed E-state index contributed by atoms with van der Waals surface area (Å²) in [5.41, 5.74) is 53.8. The predicted molar refractivity (Wildman–Crippen MR) is 635 cm³/mol. The quantitative estimate of drug-likeness (QED) is 0.109. The van der Waals surface area contributed by atoms with Crippen LogP contribution in [0.1, 0.15) is 89.7 Å². The van der Waals surface area contributed by atoms with Crippen LogP contribution < -0.4 is 0 Å². The van der Waals surface area contributed by atoms with Crippen molar-refractivity contribution in [2.24, 2.45) is 0 Å². The maximum Gasteiger partial charge on any atom is 0.0705 e. The van der Waals surface area contributed by atoms with E-state index in [-0.39, 0.29) is 0 Å². The Labute approximate surface area is 879 Å². The van der Waals surface area contributed by atoms with Crippen LogP contribution in [-0.2, 0) is 0 Å². The lowest BCUT2D eigenvalue weighted by Crippen LogP contribution is -1.87. The molecule has 0 radical (unpaired) electrons. The highest BCUT2D eigenvalue weighted by molar-refractivity contribution is 5.86. The minimum Gasteiger partial charge on any atom is -0.258 e. The minimum absolute atomic E-state index is 1.02. The van der Waals surface area contributed by atoms with Crippen molar-refractivity contribution in [1.29, 1.82) is 0 Å². The number of nitrogens with zero attached hydrogens (tertiary/aromatic N) is 4. The number of benzene rings is 18. The molecule has 4 nitrogen and oxygen atoms in total. The first-order valence-electron chi connectivity index (χ1n) is 51.1. The molecule has 0 fully saturated rings. The smallest absolute Gasteiger partial charge is 0.0705 e. The Morgan fingerprint density at radius 3 is 0.486 bits per heavy atom. The van der Waals surface area contributed by atoms with Crippen molar-refractivity contribution >= 4 is 0 Å². The van der Waals surface area contributed by atoms with Gasteiger partial charge in [0, 0.05) is 45.2 Å². The van der Waals surface area contributed by atoms with E-state index >= 15 is 0 Å². The second kappa shape index (κ2) is 52.2. The Balaban J connectivity index is 0.000000131. The fraction of sp³-hybridized carbons (Fsp3) is 0.111. The molecule has 148 heavy (non-hydrogen) atoms. The molecule has 0 saturated heterocycles. The van der Waals surface area contributed by atoms with E-state index < -0.39 is 0 Å². The van der Waals surface area contributed by atoms with Crippen LogP contribution in [0.2, 0.25) is 0 Å². The van der Waals surface area contributed by atoms with Gasteiger partial charge in [-0.1, -0.05) is 433 Å². The lowest BCUT2D eigenvalue weighted by molar-refractivity contribution is 1.12.